The van der Waals surface area contributed by atoms with E-state index in [9.17, 15) is 14.9 Å². The molecule has 0 bridgehead atoms. The van der Waals surface area contributed by atoms with Gasteiger partial charge in [0.05, 0.1) is 53.0 Å². The van der Waals surface area contributed by atoms with Gasteiger partial charge in [-0.05, 0) is 49.2 Å². The Labute approximate surface area is 225 Å². The van der Waals surface area contributed by atoms with Crippen LogP contribution in [0.1, 0.15) is 31.1 Å². The number of nitrogens with one attached hydrogen (secondary N) is 3. The summed E-state index contributed by atoms with van der Waals surface area (Å²) < 4.78 is 11.0. The number of hydrogen-bond donors (Lipinski definition) is 3. The quantitative estimate of drug-likeness (QED) is 0.333. The number of carbonyl (C=O) groups is 2. The van der Waals surface area contributed by atoms with Crippen molar-refractivity contribution in [1.29, 1.82) is 5.26 Å². The molecule has 0 aliphatic carbocycles. The molecule has 9 heteroatoms. The zero-order valence-electron chi connectivity index (χ0n) is 21.3. The number of nitriles is 1. The van der Waals surface area contributed by atoms with Crippen molar-refractivity contribution in [1.82, 2.24) is 5.32 Å². The van der Waals surface area contributed by atoms with Crippen LogP contribution in [0.5, 0.6) is 5.75 Å². The Kier molecular flexibility index (Phi) is 8.56. The fourth-order valence-corrected chi connectivity index (χ4v) is 5.17. The van der Waals surface area contributed by atoms with Crippen LogP contribution in [0.2, 0.25) is 0 Å². The number of furan rings is 1. The maximum atomic E-state index is 13.5. The van der Waals surface area contributed by atoms with Gasteiger partial charge in [0.25, 0.3) is 5.91 Å². The number of anilines is 2. The Bertz CT molecular complexity index is 1440. The molecule has 4 rings (SSSR count). The number of para-hydroxylation sites is 3. The van der Waals surface area contributed by atoms with Gasteiger partial charge < -0.3 is 25.1 Å². The molecule has 1 aliphatic heterocycles. The number of allylic oxidation sites excluding steroid dienone is 2. The summed E-state index contributed by atoms with van der Waals surface area (Å²) in [6.07, 6.45) is 2.30. The molecule has 3 N–H and O–H groups in total. The van der Waals surface area contributed by atoms with Crippen molar-refractivity contribution in [3.05, 3.63) is 100 Å². The molecule has 2 aromatic carbocycles. The summed E-state index contributed by atoms with van der Waals surface area (Å²) in [6.45, 7) is 3.79. The number of rotatable bonds is 9. The van der Waals surface area contributed by atoms with Crippen molar-refractivity contribution < 1.29 is 18.7 Å². The number of benzene rings is 2. The third-order valence-electron chi connectivity index (χ3n) is 6.09. The van der Waals surface area contributed by atoms with Crippen LogP contribution in [0.4, 0.5) is 11.4 Å². The van der Waals surface area contributed by atoms with Crippen LogP contribution < -0.4 is 20.7 Å². The molecule has 1 aromatic heterocycles. The first kappa shape index (κ1) is 26.6. The van der Waals surface area contributed by atoms with Crippen molar-refractivity contribution in [2.45, 2.75) is 26.2 Å². The van der Waals surface area contributed by atoms with Crippen molar-refractivity contribution in [3.8, 4) is 11.8 Å². The van der Waals surface area contributed by atoms with Crippen molar-refractivity contribution >= 4 is 35.0 Å². The van der Waals surface area contributed by atoms with Crippen LogP contribution in [0.3, 0.4) is 0 Å². The summed E-state index contributed by atoms with van der Waals surface area (Å²) in [7, 11) is 1.53. The Morgan fingerprint density at radius 2 is 1.82 bits per heavy atom. The van der Waals surface area contributed by atoms with Gasteiger partial charge >= 0.3 is 0 Å². The second-order valence-corrected chi connectivity index (χ2v) is 9.45. The molecule has 1 aliphatic rings. The normalized spacial score (nSPS) is 14.9. The molecule has 0 radical (unpaired) electrons. The van der Waals surface area contributed by atoms with E-state index >= 15 is 0 Å². The first-order chi connectivity index (χ1) is 18.5. The minimum Gasteiger partial charge on any atom is -0.495 e. The minimum absolute atomic E-state index is 0.0759. The maximum Gasteiger partial charge on any atom is 0.254 e. The van der Waals surface area contributed by atoms with Crippen LogP contribution >= 0.6 is 11.8 Å². The third-order valence-corrected chi connectivity index (χ3v) is 7.11. The van der Waals surface area contributed by atoms with E-state index < -0.39 is 11.8 Å². The van der Waals surface area contributed by atoms with Crippen LogP contribution in [-0.2, 0) is 16.0 Å². The largest absolute Gasteiger partial charge is 0.495 e. The van der Waals surface area contributed by atoms with Gasteiger partial charge in [-0.1, -0.05) is 49.0 Å². The number of carbonyl (C=O) groups excluding carboxylic acids is 2. The summed E-state index contributed by atoms with van der Waals surface area (Å²) in [4.78, 5) is 26.3. The molecule has 0 unspecified atom stereocenters. The smallest absolute Gasteiger partial charge is 0.254 e. The van der Waals surface area contributed by atoms with Gasteiger partial charge in [-0.3, -0.25) is 9.59 Å². The Morgan fingerprint density at radius 1 is 1.08 bits per heavy atom. The fraction of sp³-hybridized carbons (Fsp3) is 0.207. The molecule has 0 fully saturated rings. The van der Waals surface area contributed by atoms with Gasteiger partial charge in [-0.25, -0.2) is 0 Å². The Morgan fingerprint density at radius 3 is 2.50 bits per heavy atom. The molecule has 0 spiro atoms. The van der Waals surface area contributed by atoms with Crippen molar-refractivity contribution in [2.24, 2.45) is 0 Å². The predicted molar refractivity (Wildman–Crippen MR) is 148 cm³/mol. The molecule has 0 saturated carbocycles. The highest BCUT2D eigenvalue weighted by Crippen LogP contribution is 2.41. The minimum atomic E-state index is -0.752. The lowest BCUT2D eigenvalue weighted by Gasteiger charge is -2.28. The lowest BCUT2D eigenvalue weighted by atomic mass is 9.85. The zero-order valence-corrected chi connectivity index (χ0v) is 22.1. The number of amides is 2. The van der Waals surface area contributed by atoms with Gasteiger partial charge in [0.2, 0.25) is 5.91 Å². The average Bonchev–Trinajstić information content (AvgIpc) is 3.46. The lowest BCUT2D eigenvalue weighted by Crippen LogP contribution is -2.31. The third kappa shape index (κ3) is 5.76. The molecule has 2 heterocycles. The van der Waals surface area contributed by atoms with Crippen molar-refractivity contribution in [2.75, 3.05) is 23.5 Å². The first-order valence-electron chi connectivity index (χ1n) is 12.1. The fourth-order valence-electron chi connectivity index (χ4n) is 4.28. The highest BCUT2D eigenvalue weighted by Gasteiger charge is 2.36. The summed E-state index contributed by atoms with van der Waals surface area (Å²) in [5.41, 5.74) is 3.50. The number of hydrogen-bond acceptors (Lipinski definition) is 7. The highest BCUT2D eigenvalue weighted by atomic mass is 32.2. The molecule has 2 amide bonds. The van der Waals surface area contributed by atoms with E-state index in [1.165, 1.54) is 25.1 Å². The predicted octanol–water partition coefficient (Wildman–Crippen LogP) is 5.56. The number of nitrogens with zero attached hydrogens (tertiary/aromatic N) is 1. The summed E-state index contributed by atoms with van der Waals surface area (Å²) in [5, 5.41) is 19.7. The number of ether oxygens (including phenoxy) is 1. The van der Waals surface area contributed by atoms with Gasteiger partial charge in [0.15, 0.2) is 0 Å². The second-order valence-electron chi connectivity index (χ2n) is 8.47. The number of methoxy groups -OCH3 is 1. The van der Waals surface area contributed by atoms with Gasteiger partial charge in [-0.2, -0.15) is 5.26 Å². The molecular weight excluding hydrogens is 500 g/mol. The summed E-state index contributed by atoms with van der Waals surface area (Å²) in [5.74, 6) is -0.304. The van der Waals surface area contributed by atoms with E-state index in [-0.39, 0.29) is 11.7 Å². The van der Waals surface area contributed by atoms with E-state index in [0.717, 1.165) is 17.7 Å². The van der Waals surface area contributed by atoms with Crippen LogP contribution in [-0.4, -0.2) is 24.7 Å². The molecule has 8 nitrogen and oxygen atoms in total. The van der Waals surface area contributed by atoms with E-state index in [0.29, 0.717) is 39.1 Å². The SMILES string of the molecule is CCc1ccccc1NC(=O)CSC1=C(C#N)[C@@H](c2ccco2)C(C(=O)Nc2ccccc2OC)=C(C)N1. The monoisotopic (exact) mass is 528 g/mol. The maximum absolute atomic E-state index is 13.5. The van der Waals surface area contributed by atoms with Crippen LogP contribution in [0.25, 0.3) is 0 Å². The number of aryl methyl sites for hydroxylation is 1. The summed E-state index contributed by atoms with van der Waals surface area (Å²) >= 11 is 1.21. The molecule has 3 aromatic rings. The number of thioether (sulfide) groups is 1. The van der Waals surface area contributed by atoms with Gasteiger partial charge in [-0.15, -0.1) is 0 Å². The molecular formula is C29H28N4O4S. The molecule has 0 saturated heterocycles. The van der Waals surface area contributed by atoms with E-state index in [1.54, 1.807) is 37.3 Å². The molecule has 1 atom stereocenters. The first-order valence-corrected chi connectivity index (χ1v) is 13.1. The van der Waals surface area contributed by atoms with Gasteiger partial charge in [0, 0.05) is 11.4 Å². The highest BCUT2D eigenvalue weighted by molar-refractivity contribution is 8.03. The topological polar surface area (TPSA) is 116 Å². The molecule has 38 heavy (non-hydrogen) atoms. The second kappa shape index (κ2) is 12.2. The van der Waals surface area contributed by atoms with Crippen LogP contribution in [0.15, 0.2) is 93.2 Å². The number of dihydropyridines is 1. The zero-order chi connectivity index (χ0) is 27.1. The van der Waals surface area contributed by atoms with E-state index in [2.05, 4.69) is 22.0 Å². The van der Waals surface area contributed by atoms with Gasteiger partial charge in [0.1, 0.15) is 11.5 Å². The Hall–Kier alpha value is -4.42. The standard InChI is InChI=1S/C29H28N4O4S/c1-4-19-10-5-6-11-21(19)32-25(34)17-38-29-20(16-30)27(24-14-9-15-37-24)26(18(2)31-29)28(35)33-22-12-7-8-13-23(22)36-3/h5-15,27,31H,4,17H2,1-3H3,(H,32,34)(H,33,35)/t27-/m0/s1. The average molecular weight is 529 g/mol. The molecule has 194 valence electrons. The lowest BCUT2D eigenvalue weighted by molar-refractivity contribution is -0.114. The van der Waals surface area contributed by atoms with E-state index in [4.69, 9.17) is 9.15 Å². The van der Waals surface area contributed by atoms with Crippen molar-refractivity contribution in [3.63, 3.8) is 0 Å². The summed E-state index contributed by atoms with van der Waals surface area (Å²) in [6, 6.07) is 20.4. The van der Waals surface area contributed by atoms with E-state index in [1.807, 2.05) is 37.3 Å². The Balaban J connectivity index is 1.59. The van der Waals surface area contributed by atoms with Crippen LogP contribution in [0, 0.1) is 11.3 Å².